The van der Waals surface area contributed by atoms with Gasteiger partial charge in [-0.05, 0) is 0 Å². The third kappa shape index (κ3) is 4.67. The zero-order chi connectivity index (χ0) is 17.0. The molecule has 1 aliphatic rings. The number of hydrogen-bond acceptors (Lipinski definition) is 8. The van der Waals surface area contributed by atoms with Gasteiger partial charge in [0.15, 0.2) is 29.4 Å². The summed E-state index contributed by atoms with van der Waals surface area (Å²) in [6.07, 6.45) is -5.56. The second-order valence-electron chi connectivity index (χ2n) is 4.47. The molecule has 1 saturated heterocycles. The summed E-state index contributed by atoms with van der Waals surface area (Å²) in [5, 5.41) is 8.11. The van der Waals surface area contributed by atoms with Crippen molar-refractivity contribution in [1.29, 1.82) is 0 Å². The Bertz CT molecular complexity index is 477. The Balaban J connectivity index is 3.18. The quantitative estimate of drug-likeness (QED) is 0.405. The predicted octanol–water partition coefficient (Wildman–Crippen LogP) is -0.0141. The standard InChI is InChI=1S/C12H15BrO9/c1-4(14)19-7-8(20-5(2)15)10(12(17)18)22-11(13)9(7)21-6(3)16/h7-11H,1-3H3,(H,17,18). The maximum atomic E-state index is 11.3. The Morgan fingerprint density at radius 3 is 1.68 bits per heavy atom. The fraction of sp³-hybridized carbons (Fsp3) is 0.667. The summed E-state index contributed by atoms with van der Waals surface area (Å²) in [5.41, 5.74) is 0. The van der Waals surface area contributed by atoms with E-state index >= 15 is 0 Å². The Labute approximate surface area is 134 Å². The van der Waals surface area contributed by atoms with Crippen LogP contribution in [0, 0.1) is 0 Å². The molecule has 1 aliphatic heterocycles. The third-order valence-corrected chi connectivity index (χ3v) is 3.37. The van der Waals surface area contributed by atoms with E-state index in [4.69, 9.17) is 18.9 Å². The first-order valence-electron chi connectivity index (χ1n) is 6.17. The fourth-order valence-corrected chi connectivity index (χ4v) is 2.60. The van der Waals surface area contributed by atoms with Gasteiger partial charge in [0.2, 0.25) is 0 Å². The van der Waals surface area contributed by atoms with Crippen LogP contribution in [0.5, 0.6) is 0 Å². The molecule has 1 N–H and O–H groups in total. The minimum Gasteiger partial charge on any atom is -0.479 e. The molecule has 0 aromatic heterocycles. The molecule has 5 atom stereocenters. The van der Waals surface area contributed by atoms with Crippen LogP contribution in [0.1, 0.15) is 20.8 Å². The van der Waals surface area contributed by atoms with Gasteiger partial charge in [-0.1, -0.05) is 15.9 Å². The van der Waals surface area contributed by atoms with E-state index in [-0.39, 0.29) is 0 Å². The normalized spacial score (nSPS) is 31.0. The Morgan fingerprint density at radius 2 is 1.27 bits per heavy atom. The second kappa shape index (κ2) is 7.54. The molecular formula is C12H15BrO9. The van der Waals surface area contributed by atoms with E-state index in [0.29, 0.717) is 0 Å². The maximum absolute atomic E-state index is 11.3. The third-order valence-electron chi connectivity index (χ3n) is 2.63. The van der Waals surface area contributed by atoms with Crippen LogP contribution in [0.15, 0.2) is 0 Å². The number of carbonyl (C=O) groups excluding carboxylic acids is 3. The molecule has 5 unspecified atom stereocenters. The molecule has 1 fully saturated rings. The average Bonchev–Trinajstić information content (AvgIpc) is 2.34. The van der Waals surface area contributed by atoms with Crippen LogP contribution in [0.4, 0.5) is 0 Å². The average molecular weight is 383 g/mol. The minimum absolute atomic E-state index is 0.703. The van der Waals surface area contributed by atoms with Gasteiger partial charge in [0.1, 0.15) is 0 Å². The molecule has 0 aromatic rings. The Hall–Kier alpha value is -1.68. The molecule has 0 aliphatic carbocycles. The summed E-state index contributed by atoms with van der Waals surface area (Å²) in [6.45, 7) is 3.27. The number of ether oxygens (including phenoxy) is 4. The molecule has 0 spiro atoms. The van der Waals surface area contributed by atoms with Gasteiger partial charge in [-0.2, -0.15) is 0 Å². The summed E-state index contributed by atoms with van der Waals surface area (Å²) >= 11 is 3.02. The topological polar surface area (TPSA) is 125 Å². The van der Waals surface area contributed by atoms with Gasteiger partial charge in [0.05, 0.1) is 0 Å². The summed E-state index contributed by atoms with van der Waals surface area (Å²) in [7, 11) is 0. The van der Waals surface area contributed by atoms with E-state index in [1.54, 1.807) is 0 Å². The highest BCUT2D eigenvalue weighted by molar-refractivity contribution is 9.09. The van der Waals surface area contributed by atoms with Crippen molar-refractivity contribution >= 4 is 39.8 Å². The number of carboxylic acids is 1. The van der Waals surface area contributed by atoms with Crippen molar-refractivity contribution < 1.29 is 43.2 Å². The SMILES string of the molecule is CC(=O)OC1C(Br)OC(C(=O)O)C(OC(C)=O)C1OC(C)=O. The molecule has 124 valence electrons. The van der Waals surface area contributed by atoms with E-state index in [2.05, 4.69) is 15.9 Å². The van der Waals surface area contributed by atoms with Crippen molar-refractivity contribution in [3.05, 3.63) is 0 Å². The van der Waals surface area contributed by atoms with Crippen LogP contribution < -0.4 is 0 Å². The van der Waals surface area contributed by atoms with E-state index in [1.165, 1.54) is 0 Å². The van der Waals surface area contributed by atoms with Crippen molar-refractivity contribution in [2.45, 2.75) is 50.2 Å². The molecule has 0 radical (unpaired) electrons. The lowest BCUT2D eigenvalue weighted by Gasteiger charge is -2.41. The van der Waals surface area contributed by atoms with Gasteiger partial charge in [-0.3, -0.25) is 14.4 Å². The van der Waals surface area contributed by atoms with Crippen molar-refractivity contribution in [2.75, 3.05) is 0 Å². The van der Waals surface area contributed by atoms with Crippen molar-refractivity contribution in [3.63, 3.8) is 0 Å². The lowest BCUT2D eigenvalue weighted by Crippen LogP contribution is -2.61. The molecule has 1 heterocycles. The molecule has 10 heteroatoms. The number of esters is 3. The molecule has 0 amide bonds. The molecule has 0 bridgehead atoms. The largest absolute Gasteiger partial charge is 0.479 e. The lowest BCUT2D eigenvalue weighted by atomic mass is 9.99. The minimum atomic E-state index is -1.59. The summed E-state index contributed by atoms with van der Waals surface area (Å²) in [5.74, 6) is -3.68. The van der Waals surface area contributed by atoms with Crippen LogP contribution >= 0.6 is 15.9 Å². The molecule has 1 rings (SSSR count). The van der Waals surface area contributed by atoms with Crippen LogP contribution in [-0.2, 0) is 38.1 Å². The molecular weight excluding hydrogens is 368 g/mol. The number of carboxylic acid groups (broad SMARTS) is 1. The zero-order valence-corrected chi connectivity index (χ0v) is 13.6. The van der Waals surface area contributed by atoms with Crippen LogP contribution in [-0.4, -0.2) is 58.4 Å². The van der Waals surface area contributed by atoms with E-state index < -0.39 is 53.3 Å². The van der Waals surface area contributed by atoms with Gasteiger partial charge < -0.3 is 24.1 Å². The molecule has 0 saturated carbocycles. The van der Waals surface area contributed by atoms with Gasteiger partial charge >= 0.3 is 23.9 Å². The number of halogens is 1. The lowest BCUT2D eigenvalue weighted by molar-refractivity contribution is -0.233. The molecule has 0 aromatic carbocycles. The number of rotatable bonds is 4. The van der Waals surface area contributed by atoms with Gasteiger partial charge in [-0.25, -0.2) is 4.79 Å². The van der Waals surface area contributed by atoms with Crippen molar-refractivity contribution in [3.8, 4) is 0 Å². The maximum Gasteiger partial charge on any atom is 0.336 e. The second-order valence-corrected chi connectivity index (χ2v) is 5.37. The number of aliphatic carboxylic acids is 1. The highest BCUT2D eigenvalue weighted by atomic mass is 79.9. The smallest absolute Gasteiger partial charge is 0.336 e. The highest BCUT2D eigenvalue weighted by Gasteiger charge is 2.53. The summed E-state index contributed by atoms with van der Waals surface area (Å²) < 4.78 is 20.0. The summed E-state index contributed by atoms with van der Waals surface area (Å²) in [6, 6.07) is 0. The van der Waals surface area contributed by atoms with Gasteiger partial charge in [0.25, 0.3) is 0 Å². The van der Waals surface area contributed by atoms with E-state index in [1.807, 2.05) is 0 Å². The van der Waals surface area contributed by atoms with E-state index in [0.717, 1.165) is 20.8 Å². The van der Waals surface area contributed by atoms with Crippen LogP contribution in [0.3, 0.4) is 0 Å². The molecule has 9 nitrogen and oxygen atoms in total. The van der Waals surface area contributed by atoms with Crippen molar-refractivity contribution in [2.24, 2.45) is 0 Å². The fourth-order valence-electron chi connectivity index (χ4n) is 1.96. The van der Waals surface area contributed by atoms with Gasteiger partial charge in [0, 0.05) is 20.8 Å². The van der Waals surface area contributed by atoms with Crippen molar-refractivity contribution in [1.82, 2.24) is 0 Å². The van der Waals surface area contributed by atoms with Gasteiger partial charge in [-0.15, -0.1) is 0 Å². The predicted molar refractivity (Wildman–Crippen MR) is 71.9 cm³/mol. The molecule has 22 heavy (non-hydrogen) atoms. The first-order chi connectivity index (χ1) is 10.1. The first kappa shape index (κ1) is 18.4. The zero-order valence-electron chi connectivity index (χ0n) is 12.0. The number of carbonyl (C=O) groups is 4. The Kier molecular flexibility index (Phi) is 6.30. The summed E-state index contributed by atoms with van der Waals surface area (Å²) in [4.78, 5) is 44.9. The van der Waals surface area contributed by atoms with Crippen LogP contribution in [0.25, 0.3) is 0 Å². The number of hydrogen-bond donors (Lipinski definition) is 1. The van der Waals surface area contributed by atoms with E-state index in [9.17, 15) is 24.3 Å². The monoisotopic (exact) mass is 382 g/mol. The Morgan fingerprint density at radius 1 is 0.864 bits per heavy atom. The number of alkyl halides is 1. The highest BCUT2D eigenvalue weighted by Crippen LogP contribution is 2.31. The first-order valence-corrected chi connectivity index (χ1v) is 7.09. The van der Waals surface area contributed by atoms with Crippen LogP contribution in [0.2, 0.25) is 0 Å².